The van der Waals surface area contributed by atoms with Gasteiger partial charge in [-0.25, -0.2) is 13.2 Å². The lowest BCUT2D eigenvalue weighted by Crippen LogP contribution is -2.63. The van der Waals surface area contributed by atoms with E-state index in [-0.39, 0.29) is 47.6 Å². The van der Waals surface area contributed by atoms with Crippen LogP contribution >= 0.6 is 0 Å². The Balaban J connectivity index is 1.20. The summed E-state index contributed by atoms with van der Waals surface area (Å²) in [7, 11) is 0. The number of fused-ring (bicyclic) bond motifs is 4. The van der Waals surface area contributed by atoms with Gasteiger partial charge in [-0.15, -0.1) is 0 Å². The number of pyridine rings is 1. The van der Waals surface area contributed by atoms with Gasteiger partial charge >= 0.3 is 6.01 Å². The zero-order valence-corrected chi connectivity index (χ0v) is 24.6. The van der Waals surface area contributed by atoms with E-state index in [0.29, 0.717) is 61.2 Å². The van der Waals surface area contributed by atoms with Crippen LogP contribution in [0, 0.1) is 11.6 Å². The first-order chi connectivity index (χ1) is 21.4. The molecule has 2 aromatic heterocycles. The SMILES string of the molecule is C=CC(=O)N1CC[C@@H]2[C@H]1CN2c1nc(OC[C@@]23CCCN2C[C@H](F)C3)nc2c(F)c(-c3ccc(F)c4c3CCCC4)ncc12. The van der Waals surface area contributed by atoms with Crippen LogP contribution in [0.3, 0.4) is 0 Å². The van der Waals surface area contributed by atoms with Crippen molar-refractivity contribution < 1.29 is 22.7 Å². The van der Waals surface area contributed by atoms with Gasteiger partial charge in [0.25, 0.3) is 0 Å². The van der Waals surface area contributed by atoms with E-state index < -0.39 is 17.5 Å². The van der Waals surface area contributed by atoms with Crippen molar-refractivity contribution in [3.05, 3.63) is 53.7 Å². The zero-order valence-electron chi connectivity index (χ0n) is 24.6. The van der Waals surface area contributed by atoms with Crippen LogP contribution in [-0.4, -0.2) is 87.2 Å². The molecule has 4 fully saturated rings. The van der Waals surface area contributed by atoms with Crippen molar-refractivity contribution in [1.29, 1.82) is 0 Å². The number of carbonyl (C=O) groups is 1. The number of amides is 1. The maximum atomic E-state index is 16.6. The van der Waals surface area contributed by atoms with Crippen molar-refractivity contribution >= 4 is 22.6 Å². The molecule has 44 heavy (non-hydrogen) atoms. The summed E-state index contributed by atoms with van der Waals surface area (Å²) in [5.74, 6) is -0.459. The van der Waals surface area contributed by atoms with Gasteiger partial charge in [0.15, 0.2) is 5.82 Å². The molecule has 0 bridgehead atoms. The molecule has 5 aliphatic rings. The molecule has 4 saturated heterocycles. The smallest absolute Gasteiger partial charge is 0.319 e. The highest BCUT2D eigenvalue weighted by molar-refractivity contribution is 5.93. The van der Waals surface area contributed by atoms with Crippen molar-refractivity contribution in [3.8, 4) is 17.3 Å². The Morgan fingerprint density at radius 2 is 1.93 bits per heavy atom. The summed E-state index contributed by atoms with van der Waals surface area (Å²) < 4.78 is 52.0. The molecule has 0 N–H and O–H groups in total. The zero-order chi connectivity index (χ0) is 30.2. The summed E-state index contributed by atoms with van der Waals surface area (Å²) in [6, 6.07) is 3.08. The first kappa shape index (κ1) is 27.8. The number of ether oxygens (including phenoxy) is 1. The molecule has 4 atom stereocenters. The molecular formula is C33H35F3N6O2. The Kier molecular flexibility index (Phi) is 6.59. The minimum atomic E-state index is -0.902. The van der Waals surface area contributed by atoms with E-state index in [9.17, 15) is 13.6 Å². The lowest BCUT2D eigenvalue weighted by atomic mass is 9.86. The average Bonchev–Trinajstić information content (AvgIpc) is 3.66. The van der Waals surface area contributed by atoms with Crippen molar-refractivity contribution in [3.63, 3.8) is 0 Å². The van der Waals surface area contributed by atoms with E-state index in [4.69, 9.17) is 9.72 Å². The Morgan fingerprint density at radius 1 is 1.09 bits per heavy atom. The number of halogens is 3. The van der Waals surface area contributed by atoms with Gasteiger partial charge in [-0.3, -0.25) is 14.7 Å². The number of nitrogens with zero attached hydrogens (tertiary/aromatic N) is 6. The van der Waals surface area contributed by atoms with Crippen LogP contribution in [0.5, 0.6) is 6.01 Å². The highest BCUT2D eigenvalue weighted by atomic mass is 19.1. The molecule has 3 aromatic rings. The van der Waals surface area contributed by atoms with Gasteiger partial charge in [-0.1, -0.05) is 6.58 Å². The second kappa shape index (κ2) is 10.4. The molecule has 4 aliphatic heterocycles. The fourth-order valence-corrected chi connectivity index (χ4v) is 8.44. The molecule has 230 valence electrons. The molecule has 1 aromatic carbocycles. The van der Waals surface area contributed by atoms with Crippen molar-refractivity contribution in [2.45, 2.75) is 75.2 Å². The van der Waals surface area contributed by atoms with Gasteiger partial charge in [-0.2, -0.15) is 9.97 Å². The summed E-state index contributed by atoms with van der Waals surface area (Å²) >= 11 is 0. The molecule has 0 spiro atoms. The Hall–Kier alpha value is -3.73. The normalized spacial score (nSPS) is 27.7. The Labute approximate surface area is 253 Å². The summed E-state index contributed by atoms with van der Waals surface area (Å²) in [6.07, 6.45) is 8.07. The molecular weight excluding hydrogens is 569 g/mol. The largest absolute Gasteiger partial charge is 0.461 e. The second-order valence-corrected chi connectivity index (χ2v) is 12.9. The van der Waals surface area contributed by atoms with Crippen LogP contribution in [0.2, 0.25) is 0 Å². The topological polar surface area (TPSA) is 74.7 Å². The molecule has 6 heterocycles. The maximum absolute atomic E-state index is 16.6. The molecule has 0 unspecified atom stereocenters. The van der Waals surface area contributed by atoms with Gasteiger partial charge in [0.05, 0.1) is 23.0 Å². The molecule has 8 rings (SSSR count). The van der Waals surface area contributed by atoms with Crippen LogP contribution in [0.15, 0.2) is 31.0 Å². The molecule has 11 heteroatoms. The number of hydrogen-bond acceptors (Lipinski definition) is 7. The predicted octanol–water partition coefficient (Wildman–Crippen LogP) is 4.78. The highest BCUT2D eigenvalue weighted by Crippen LogP contribution is 2.43. The molecule has 0 saturated carbocycles. The fourth-order valence-electron chi connectivity index (χ4n) is 8.44. The van der Waals surface area contributed by atoms with Gasteiger partial charge in [0, 0.05) is 37.8 Å². The van der Waals surface area contributed by atoms with E-state index in [1.807, 2.05) is 4.90 Å². The second-order valence-electron chi connectivity index (χ2n) is 12.9. The number of rotatable bonds is 6. The van der Waals surface area contributed by atoms with Crippen LogP contribution in [-0.2, 0) is 17.6 Å². The minimum Gasteiger partial charge on any atom is -0.461 e. The first-order valence-corrected chi connectivity index (χ1v) is 15.8. The highest BCUT2D eigenvalue weighted by Gasteiger charge is 2.51. The summed E-state index contributed by atoms with van der Waals surface area (Å²) in [4.78, 5) is 32.4. The molecule has 1 amide bonds. The van der Waals surface area contributed by atoms with Crippen molar-refractivity contribution in [1.82, 2.24) is 24.8 Å². The van der Waals surface area contributed by atoms with Crippen molar-refractivity contribution in [2.75, 3.05) is 37.7 Å². The van der Waals surface area contributed by atoms with Gasteiger partial charge in [0.1, 0.15) is 35.6 Å². The lowest BCUT2D eigenvalue weighted by Gasteiger charge is -2.47. The Bertz CT molecular complexity index is 1690. The predicted molar refractivity (Wildman–Crippen MR) is 159 cm³/mol. The van der Waals surface area contributed by atoms with E-state index in [1.54, 1.807) is 12.3 Å². The van der Waals surface area contributed by atoms with E-state index in [0.717, 1.165) is 44.2 Å². The summed E-state index contributed by atoms with van der Waals surface area (Å²) in [6.45, 7) is 6.22. The third-order valence-corrected chi connectivity index (χ3v) is 10.6. The number of benzene rings is 1. The number of likely N-dealkylation sites (tertiary alicyclic amines) is 1. The lowest BCUT2D eigenvalue weighted by molar-refractivity contribution is -0.127. The number of anilines is 1. The van der Waals surface area contributed by atoms with Crippen LogP contribution < -0.4 is 9.64 Å². The molecule has 0 radical (unpaired) electrons. The first-order valence-electron chi connectivity index (χ1n) is 15.8. The summed E-state index contributed by atoms with van der Waals surface area (Å²) in [5.41, 5.74) is 1.83. The molecule has 1 aliphatic carbocycles. The van der Waals surface area contributed by atoms with Gasteiger partial charge in [0.2, 0.25) is 5.91 Å². The standard InChI is InChI=1S/C33H35F3N6O2/c1-2-27(43)41-13-10-25-26(41)17-42(25)31-23-15-37-29(22-8-9-24(35)21-7-4-3-6-20(21)22)28(36)30(23)38-32(39-31)44-18-33-11-5-12-40(33)16-19(34)14-33/h2,8-9,15,19,25-26H,1,3-7,10-14,16-18H2/t19-,25-,26-,33+/m1/s1. The average molecular weight is 605 g/mol. The summed E-state index contributed by atoms with van der Waals surface area (Å²) in [5, 5.41) is 0.451. The van der Waals surface area contributed by atoms with Gasteiger partial charge < -0.3 is 14.5 Å². The molecule has 8 nitrogen and oxygen atoms in total. The van der Waals surface area contributed by atoms with Crippen LogP contribution in [0.1, 0.15) is 49.7 Å². The third kappa shape index (κ3) is 4.22. The van der Waals surface area contributed by atoms with Gasteiger partial charge in [-0.05, 0) is 80.8 Å². The maximum Gasteiger partial charge on any atom is 0.319 e. The minimum absolute atomic E-state index is 0.0164. The third-order valence-electron chi connectivity index (χ3n) is 10.6. The van der Waals surface area contributed by atoms with Crippen LogP contribution in [0.4, 0.5) is 19.0 Å². The van der Waals surface area contributed by atoms with E-state index in [2.05, 4.69) is 26.3 Å². The Morgan fingerprint density at radius 3 is 2.77 bits per heavy atom. The quantitative estimate of drug-likeness (QED) is 0.375. The fraction of sp³-hybridized carbons (Fsp3) is 0.515. The van der Waals surface area contributed by atoms with E-state index >= 15 is 4.39 Å². The van der Waals surface area contributed by atoms with Crippen molar-refractivity contribution in [2.24, 2.45) is 0 Å². The van der Waals surface area contributed by atoms with Crippen LogP contribution in [0.25, 0.3) is 22.2 Å². The number of hydrogen-bond donors (Lipinski definition) is 0. The monoisotopic (exact) mass is 604 g/mol. The number of carbonyl (C=O) groups excluding carboxylic acids is 1. The number of aromatic nitrogens is 3. The number of alkyl halides is 1. The van der Waals surface area contributed by atoms with E-state index in [1.165, 1.54) is 12.1 Å².